The van der Waals surface area contributed by atoms with Crippen molar-refractivity contribution in [2.75, 3.05) is 19.6 Å². The van der Waals surface area contributed by atoms with Crippen molar-refractivity contribution in [2.24, 2.45) is 0 Å². The maximum absolute atomic E-state index is 13.3. The Morgan fingerprint density at radius 3 is 2.32 bits per heavy atom. The fourth-order valence-corrected chi connectivity index (χ4v) is 4.69. The highest BCUT2D eigenvalue weighted by Gasteiger charge is 2.39. The van der Waals surface area contributed by atoms with Crippen LogP contribution in [-0.4, -0.2) is 47.4 Å². The van der Waals surface area contributed by atoms with Crippen LogP contribution in [0, 0.1) is 11.3 Å². The molecule has 5 heteroatoms. The van der Waals surface area contributed by atoms with E-state index in [0.717, 1.165) is 25.2 Å². The molecule has 1 aliphatic heterocycles. The summed E-state index contributed by atoms with van der Waals surface area (Å²) >= 11 is 6.51. The van der Waals surface area contributed by atoms with Crippen molar-refractivity contribution in [3.63, 3.8) is 0 Å². The predicted molar refractivity (Wildman–Crippen MR) is 115 cm³/mol. The Balaban J connectivity index is 2.33. The fraction of sp³-hybridized carbons (Fsp3) is 0.652. The summed E-state index contributed by atoms with van der Waals surface area (Å²) in [6.07, 6.45) is 4.47. The van der Waals surface area contributed by atoms with Gasteiger partial charge in [-0.25, -0.2) is 0 Å². The number of amides is 1. The van der Waals surface area contributed by atoms with Gasteiger partial charge in [-0.05, 0) is 78.2 Å². The number of benzene rings is 1. The lowest BCUT2D eigenvalue weighted by molar-refractivity contribution is -0.135. The lowest BCUT2D eigenvalue weighted by atomic mass is 9.75. The van der Waals surface area contributed by atoms with Crippen LogP contribution in [0.5, 0.6) is 0 Å². The van der Waals surface area contributed by atoms with Gasteiger partial charge in [0.05, 0.1) is 11.5 Å². The number of nitriles is 1. The smallest absolute Gasteiger partial charge is 0.224 e. The zero-order valence-corrected chi connectivity index (χ0v) is 18.5. The van der Waals surface area contributed by atoms with E-state index >= 15 is 0 Å². The topological polar surface area (TPSA) is 47.3 Å². The Kier molecular flexibility index (Phi) is 8.34. The van der Waals surface area contributed by atoms with E-state index in [0.29, 0.717) is 11.4 Å². The Hall–Kier alpha value is -1.57. The van der Waals surface area contributed by atoms with Gasteiger partial charge in [0.1, 0.15) is 0 Å². The number of hydrogen-bond donors (Lipinski definition) is 0. The average Bonchev–Trinajstić information content (AvgIpc) is 2.66. The molecule has 1 amide bonds. The van der Waals surface area contributed by atoms with E-state index in [1.54, 1.807) is 0 Å². The maximum Gasteiger partial charge on any atom is 0.224 e. The second-order valence-electron chi connectivity index (χ2n) is 8.49. The molecule has 1 aliphatic rings. The summed E-state index contributed by atoms with van der Waals surface area (Å²) in [6.45, 7) is 11.0. The predicted octanol–water partition coefficient (Wildman–Crippen LogP) is 5.01. The molecule has 28 heavy (non-hydrogen) atoms. The number of hydrogen-bond acceptors (Lipinski definition) is 3. The molecule has 0 aromatic heterocycles. The van der Waals surface area contributed by atoms with Crippen LogP contribution < -0.4 is 0 Å². The van der Waals surface area contributed by atoms with Crippen molar-refractivity contribution >= 4 is 17.5 Å². The van der Waals surface area contributed by atoms with E-state index in [1.807, 2.05) is 56.9 Å². The maximum atomic E-state index is 13.3. The second-order valence-corrected chi connectivity index (χ2v) is 8.90. The normalized spacial score (nSPS) is 17.4. The monoisotopic (exact) mass is 403 g/mol. The molecule has 2 rings (SSSR count). The summed E-state index contributed by atoms with van der Waals surface area (Å²) in [5, 5.41) is 10.9. The Morgan fingerprint density at radius 1 is 1.18 bits per heavy atom. The summed E-state index contributed by atoms with van der Waals surface area (Å²) < 4.78 is 0. The van der Waals surface area contributed by atoms with Crippen molar-refractivity contribution in [3.8, 4) is 6.07 Å². The summed E-state index contributed by atoms with van der Waals surface area (Å²) in [7, 11) is 0. The van der Waals surface area contributed by atoms with Gasteiger partial charge in [0.15, 0.2) is 0 Å². The third-order valence-corrected chi connectivity index (χ3v) is 6.09. The number of piperidine rings is 1. The van der Waals surface area contributed by atoms with Crippen LogP contribution >= 0.6 is 11.6 Å². The van der Waals surface area contributed by atoms with Crippen LogP contribution in [0.1, 0.15) is 65.4 Å². The van der Waals surface area contributed by atoms with E-state index in [-0.39, 0.29) is 24.4 Å². The van der Waals surface area contributed by atoms with Crippen LogP contribution in [-0.2, 0) is 10.2 Å². The zero-order chi connectivity index (χ0) is 20.7. The minimum Gasteiger partial charge on any atom is -0.338 e. The summed E-state index contributed by atoms with van der Waals surface area (Å²) in [5.41, 5.74) is -0.133. The molecule has 154 valence electrons. The van der Waals surface area contributed by atoms with Crippen molar-refractivity contribution in [3.05, 3.63) is 34.9 Å². The van der Waals surface area contributed by atoms with Crippen molar-refractivity contribution in [2.45, 2.75) is 77.3 Å². The first-order chi connectivity index (χ1) is 13.3. The van der Waals surface area contributed by atoms with Gasteiger partial charge in [-0.2, -0.15) is 5.26 Å². The van der Waals surface area contributed by atoms with Crippen molar-refractivity contribution in [1.82, 2.24) is 9.80 Å². The molecule has 0 radical (unpaired) electrons. The summed E-state index contributed by atoms with van der Waals surface area (Å²) in [4.78, 5) is 17.5. The van der Waals surface area contributed by atoms with E-state index in [9.17, 15) is 10.1 Å². The zero-order valence-electron chi connectivity index (χ0n) is 17.7. The van der Waals surface area contributed by atoms with Crippen molar-refractivity contribution in [1.29, 1.82) is 5.26 Å². The molecular formula is C23H34ClN3O. The van der Waals surface area contributed by atoms with E-state index < -0.39 is 5.41 Å². The summed E-state index contributed by atoms with van der Waals surface area (Å²) in [5.74, 6) is 0.0186. The molecule has 0 spiro atoms. The third kappa shape index (κ3) is 5.49. The van der Waals surface area contributed by atoms with Gasteiger partial charge in [0, 0.05) is 23.5 Å². The molecule has 0 N–H and O–H groups in total. The number of nitrogens with zero attached hydrogens (tertiary/aromatic N) is 3. The molecule has 1 aromatic carbocycles. The molecule has 4 nitrogen and oxygen atoms in total. The Morgan fingerprint density at radius 2 is 1.79 bits per heavy atom. The molecule has 1 atom stereocenters. The van der Waals surface area contributed by atoms with Crippen LogP contribution in [0.4, 0.5) is 0 Å². The molecule has 1 saturated heterocycles. The number of rotatable bonds is 8. The van der Waals surface area contributed by atoms with Gasteiger partial charge < -0.3 is 9.80 Å². The fourth-order valence-electron chi connectivity index (χ4n) is 4.38. The minimum absolute atomic E-state index is 0.0186. The van der Waals surface area contributed by atoms with Crippen LogP contribution in [0.25, 0.3) is 0 Å². The number of halogens is 1. The Bertz CT molecular complexity index is 683. The van der Waals surface area contributed by atoms with Gasteiger partial charge in [0.25, 0.3) is 0 Å². The number of likely N-dealkylation sites (tertiary alicyclic amines) is 1. The molecule has 1 aromatic rings. The first-order valence-corrected chi connectivity index (χ1v) is 10.9. The van der Waals surface area contributed by atoms with Crippen LogP contribution in [0.3, 0.4) is 0 Å². The van der Waals surface area contributed by atoms with Crippen molar-refractivity contribution < 1.29 is 4.79 Å². The first kappa shape index (κ1) is 22.7. The van der Waals surface area contributed by atoms with Gasteiger partial charge >= 0.3 is 0 Å². The Labute approximate surface area is 175 Å². The molecule has 0 bridgehead atoms. The van der Waals surface area contributed by atoms with Gasteiger partial charge in [-0.15, -0.1) is 0 Å². The molecule has 0 aliphatic carbocycles. The summed E-state index contributed by atoms with van der Waals surface area (Å²) in [6, 6.07) is 10.2. The van der Waals surface area contributed by atoms with E-state index in [4.69, 9.17) is 11.6 Å². The molecule has 1 heterocycles. The SMILES string of the molecule is CC(C)N(C(=O)CC(C#N)(CCN1CCCCC1)c1ccccc1Cl)C(C)C. The highest BCUT2D eigenvalue weighted by molar-refractivity contribution is 6.31. The standard InChI is InChI=1S/C23H34ClN3O/c1-18(2)27(19(3)4)22(28)16-23(17-25,20-10-6-7-11-21(20)24)12-15-26-13-8-5-9-14-26/h6-7,10-11,18-19H,5,8-9,12-16H2,1-4H3. The highest BCUT2D eigenvalue weighted by atomic mass is 35.5. The number of carbonyl (C=O) groups excluding carboxylic acids is 1. The van der Waals surface area contributed by atoms with Gasteiger partial charge in [-0.3, -0.25) is 4.79 Å². The molecule has 0 saturated carbocycles. The minimum atomic E-state index is -0.908. The van der Waals surface area contributed by atoms with Crippen LogP contribution in [0.2, 0.25) is 5.02 Å². The second kappa shape index (κ2) is 10.3. The lowest BCUT2D eigenvalue weighted by Crippen LogP contribution is -2.46. The first-order valence-electron chi connectivity index (χ1n) is 10.5. The van der Waals surface area contributed by atoms with E-state index in [2.05, 4.69) is 11.0 Å². The molecule has 1 unspecified atom stereocenters. The number of carbonyl (C=O) groups is 1. The average molecular weight is 404 g/mol. The molecule has 1 fully saturated rings. The van der Waals surface area contributed by atoms with Gasteiger partial charge in [-0.1, -0.05) is 36.2 Å². The van der Waals surface area contributed by atoms with Crippen LogP contribution in [0.15, 0.2) is 24.3 Å². The third-order valence-electron chi connectivity index (χ3n) is 5.76. The van der Waals surface area contributed by atoms with E-state index in [1.165, 1.54) is 19.3 Å². The highest BCUT2D eigenvalue weighted by Crippen LogP contribution is 2.37. The quantitative estimate of drug-likeness (QED) is 0.612. The molecular weight excluding hydrogens is 370 g/mol. The lowest BCUT2D eigenvalue weighted by Gasteiger charge is -2.36. The largest absolute Gasteiger partial charge is 0.338 e. The van der Waals surface area contributed by atoms with Gasteiger partial charge in [0.2, 0.25) is 5.91 Å².